The lowest BCUT2D eigenvalue weighted by molar-refractivity contribution is -0.131. The van der Waals surface area contributed by atoms with Crippen LogP contribution in [-0.2, 0) is 51.2 Å². The number of amides is 8. The van der Waals surface area contributed by atoms with Gasteiger partial charge >= 0.3 is 0 Å². The van der Waals surface area contributed by atoms with E-state index in [0.29, 0.717) is 64.5 Å². The summed E-state index contributed by atoms with van der Waals surface area (Å²) in [6.07, 6.45) is 7.31. The van der Waals surface area contributed by atoms with Crippen molar-refractivity contribution in [1.29, 1.82) is 0 Å². The second kappa shape index (κ2) is 26.4. The Morgan fingerprint density at radius 1 is 0.571 bits per heavy atom. The van der Waals surface area contributed by atoms with Gasteiger partial charge in [0, 0.05) is 69.6 Å². The molecule has 1 aliphatic heterocycles. The molecule has 10 N–H and O–H groups in total. The van der Waals surface area contributed by atoms with Gasteiger partial charge in [0.25, 0.3) is 0 Å². The molecule has 0 radical (unpaired) electrons. The number of hydrogen-bond acceptors (Lipinski definition) is 9. The molecule has 8 amide bonds. The number of nitrogens with one attached hydrogen (secondary N) is 8. The molecule has 3 aliphatic carbocycles. The van der Waals surface area contributed by atoms with Gasteiger partial charge in [0.15, 0.2) is 0 Å². The SMILES string of the molecule is CC(=O)N[C@H]1CCC[C@@H]1C(=O)N[C@H]1CCC[C@@H]1C(=O)N[C@H](CC(=O)NC[C@H](CC(C)C)C(=O)N[C@H]1CNC[C@@H]1C(=O)N[C@H]1CCC[C@@H]1C(=O)N[C@H](CC(N)=O)Cc1cccc2ccccc12)Cc1ccc2ccccc2c1. The predicted octanol–water partition coefficient (Wildman–Crippen LogP) is 4.37. The van der Waals surface area contributed by atoms with Crippen LogP contribution in [0, 0.1) is 35.5 Å². The number of rotatable bonds is 23. The predicted molar refractivity (Wildman–Crippen MR) is 295 cm³/mol. The third kappa shape index (κ3) is 15.2. The Balaban J connectivity index is 0.871. The van der Waals surface area contributed by atoms with Crippen LogP contribution in [0.1, 0.15) is 109 Å². The summed E-state index contributed by atoms with van der Waals surface area (Å²) in [7, 11) is 0. The largest absolute Gasteiger partial charge is 0.370 e. The minimum Gasteiger partial charge on any atom is -0.370 e. The van der Waals surface area contributed by atoms with Gasteiger partial charge in [0.05, 0.1) is 35.6 Å². The van der Waals surface area contributed by atoms with E-state index in [-0.39, 0.29) is 84.7 Å². The maximum absolute atomic E-state index is 14.2. The smallest absolute Gasteiger partial charge is 0.226 e. The number of fused-ring (bicyclic) bond motifs is 2. The highest BCUT2D eigenvalue weighted by Gasteiger charge is 2.42. The van der Waals surface area contributed by atoms with Crippen LogP contribution in [0.2, 0.25) is 0 Å². The van der Waals surface area contributed by atoms with Crippen molar-refractivity contribution in [1.82, 2.24) is 42.5 Å². The maximum atomic E-state index is 14.2. The van der Waals surface area contributed by atoms with E-state index in [9.17, 15) is 38.4 Å². The Kier molecular flexibility index (Phi) is 19.3. The first kappa shape index (κ1) is 56.3. The van der Waals surface area contributed by atoms with Crippen LogP contribution < -0.4 is 48.3 Å². The number of hydrogen-bond donors (Lipinski definition) is 9. The Morgan fingerprint density at radius 3 is 1.78 bits per heavy atom. The second-order valence-electron chi connectivity index (χ2n) is 22.7. The van der Waals surface area contributed by atoms with Gasteiger partial charge in [-0.1, -0.05) is 118 Å². The Bertz CT molecular complexity index is 2780. The van der Waals surface area contributed by atoms with Crippen molar-refractivity contribution in [3.8, 4) is 0 Å². The molecule has 4 aromatic rings. The molecular formula is C60H79N9O8. The zero-order valence-corrected chi connectivity index (χ0v) is 44.9. The average molecular weight is 1050 g/mol. The summed E-state index contributed by atoms with van der Waals surface area (Å²) >= 11 is 0. The van der Waals surface area contributed by atoms with Crippen LogP contribution in [0.25, 0.3) is 21.5 Å². The molecule has 17 heteroatoms. The number of carbonyl (C=O) groups excluding carboxylic acids is 8. The van der Waals surface area contributed by atoms with Gasteiger partial charge < -0.3 is 48.3 Å². The minimum absolute atomic E-state index is 0.0322. The highest BCUT2D eigenvalue weighted by Crippen LogP contribution is 2.31. The van der Waals surface area contributed by atoms with Crippen LogP contribution >= 0.6 is 0 Å². The van der Waals surface area contributed by atoms with Crippen molar-refractivity contribution in [2.75, 3.05) is 19.6 Å². The normalized spacial score (nSPS) is 24.2. The van der Waals surface area contributed by atoms with Crippen molar-refractivity contribution < 1.29 is 38.4 Å². The minimum atomic E-state index is -0.616. The molecule has 1 saturated heterocycles. The van der Waals surface area contributed by atoms with Gasteiger partial charge in [-0.15, -0.1) is 0 Å². The van der Waals surface area contributed by atoms with E-state index in [1.807, 2.05) is 92.7 Å². The van der Waals surface area contributed by atoms with E-state index < -0.39 is 53.7 Å². The van der Waals surface area contributed by atoms with E-state index in [4.69, 9.17) is 5.73 Å². The van der Waals surface area contributed by atoms with E-state index in [1.165, 1.54) is 6.92 Å². The molecule has 3 saturated carbocycles. The van der Waals surface area contributed by atoms with Crippen LogP contribution in [0.15, 0.2) is 84.9 Å². The van der Waals surface area contributed by atoms with Crippen molar-refractivity contribution >= 4 is 68.8 Å². The summed E-state index contributed by atoms with van der Waals surface area (Å²) < 4.78 is 0. The van der Waals surface area contributed by atoms with Gasteiger partial charge in [-0.25, -0.2) is 0 Å². The molecule has 1 heterocycles. The molecule has 8 rings (SSSR count). The van der Waals surface area contributed by atoms with Crippen LogP contribution in [0.4, 0.5) is 0 Å². The highest BCUT2D eigenvalue weighted by molar-refractivity contribution is 5.89. The van der Waals surface area contributed by atoms with Gasteiger partial charge in [-0.2, -0.15) is 0 Å². The summed E-state index contributed by atoms with van der Waals surface area (Å²) in [5, 5.41) is 29.1. The fourth-order valence-electron chi connectivity index (χ4n) is 12.6. The molecule has 412 valence electrons. The van der Waals surface area contributed by atoms with Crippen LogP contribution in [0.5, 0.6) is 0 Å². The third-order valence-corrected chi connectivity index (χ3v) is 16.4. The molecule has 11 atom stereocenters. The number of nitrogens with two attached hydrogens (primary N) is 1. The lowest BCUT2D eigenvalue weighted by atomic mass is 9.94. The summed E-state index contributed by atoms with van der Waals surface area (Å²) in [4.78, 5) is 108. The van der Waals surface area contributed by atoms with Crippen molar-refractivity contribution in [2.24, 2.45) is 41.2 Å². The molecule has 0 spiro atoms. The monoisotopic (exact) mass is 1050 g/mol. The Hall–Kier alpha value is -6.88. The molecule has 4 aliphatic rings. The molecule has 0 bridgehead atoms. The molecule has 4 fully saturated rings. The summed E-state index contributed by atoms with van der Waals surface area (Å²) in [6.45, 7) is 6.20. The molecule has 77 heavy (non-hydrogen) atoms. The summed E-state index contributed by atoms with van der Waals surface area (Å²) in [5.41, 5.74) is 7.60. The lowest BCUT2D eigenvalue weighted by Gasteiger charge is -2.28. The fraction of sp³-hybridized carbons (Fsp3) is 0.533. The van der Waals surface area contributed by atoms with E-state index in [2.05, 4.69) is 48.6 Å². The first-order chi connectivity index (χ1) is 37.1. The number of benzene rings is 4. The standard InChI is InChI=1S/C60H79N9O8/c1-35(2)26-42(56(73)69-53-34-62-33-49(53)60(77)68-52-23-11-20-48(52)58(75)66-44(30-54(61)71)29-41-16-8-15-39-13-6-7-17-45(39)41)32-63-55(72)31-43(28-37-24-25-38-12-4-5-14-40(38)27-37)65-57(74)47-19-10-22-51(47)67-59(76)46-18-9-21-50(46)64-36(3)70/h4-8,12-17,24-25,27,35,42-44,46-53,62H,9-11,18-23,26,28-34H2,1-3H3,(H2,61,71)(H,63,72)(H,64,70)(H,65,74)(H,66,75)(H,67,76)(H,68,77)(H,69,73)/t42-,43-,44-,46-,47-,48-,49-,50-,51-,52-,53-/m0/s1. The quantitative estimate of drug-likeness (QED) is 0.0511. The lowest BCUT2D eigenvalue weighted by Crippen LogP contribution is -2.53. The molecule has 0 aromatic heterocycles. The molecule has 4 aromatic carbocycles. The summed E-state index contributed by atoms with van der Waals surface area (Å²) in [6, 6.07) is 25.3. The second-order valence-corrected chi connectivity index (χ2v) is 22.7. The zero-order chi connectivity index (χ0) is 54.6. The van der Waals surface area contributed by atoms with E-state index in [0.717, 1.165) is 58.4 Å². The number of primary amides is 1. The average Bonchev–Trinajstić information content (AvgIpc) is 4.25. The van der Waals surface area contributed by atoms with E-state index >= 15 is 0 Å². The molecule has 0 unspecified atom stereocenters. The fourth-order valence-corrected chi connectivity index (χ4v) is 12.6. The van der Waals surface area contributed by atoms with Crippen LogP contribution in [-0.4, -0.2) is 103 Å². The van der Waals surface area contributed by atoms with Gasteiger partial charge in [0.2, 0.25) is 47.3 Å². The van der Waals surface area contributed by atoms with Gasteiger partial charge in [-0.05, 0) is 96.4 Å². The van der Waals surface area contributed by atoms with Gasteiger partial charge in [0.1, 0.15) is 0 Å². The summed E-state index contributed by atoms with van der Waals surface area (Å²) in [5.74, 6) is -4.67. The van der Waals surface area contributed by atoms with Crippen molar-refractivity contribution in [3.63, 3.8) is 0 Å². The van der Waals surface area contributed by atoms with Gasteiger partial charge in [-0.3, -0.25) is 38.4 Å². The van der Waals surface area contributed by atoms with Crippen molar-refractivity contribution in [3.05, 3.63) is 96.1 Å². The van der Waals surface area contributed by atoms with E-state index in [1.54, 1.807) is 0 Å². The third-order valence-electron chi connectivity index (χ3n) is 16.4. The van der Waals surface area contributed by atoms with Crippen LogP contribution in [0.3, 0.4) is 0 Å². The zero-order valence-electron chi connectivity index (χ0n) is 44.9. The first-order valence-electron chi connectivity index (χ1n) is 28.1. The Labute approximate surface area is 451 Å². The first-order valence-corrected chi connectivity index (χ1v) is 28.1. The number of carbonyl (C=O) groups is 8. The topological polar surface area (TPSA) is 259 Å². The molecular weight excluding hydrogens is 975 g/mol. The maximum Gasteiger partial charge on any atom is 0.226 e. The highest BCUT2D eigenvalue weighted by atomic mass is 16.2. The Morgan fingerprint density at radius 2 is 1.14 bits per heavy atom. The van der Waals surface area contributed by atoms with Crippen molar-refractivity contribution in [2.45, 2.75) is 147 Å². The molecule has 17 nitrogen and oxygen atoms in total.